The van der Waals surface area contributed by atoms with Gasteiger partial charge in [0.1, 0.15) is 18.6 Å². The minimum Gasteiger partial charge on any atom is -0.459 e. The smallest absolute Gasteiger partial charge is 0.330 e. The van der Waals surface area contributed by atoms with Gasteiger partial charge in [-0.3, -0.25) is 14.4 Å². The van der Waals surface area contributed by atoms with Crippen LogP contribution in [-0.2, 0) is 30.5 Å². The van der Waals surface area contributed by atoms with Gasteiger partial charge in [0.05, 0.1) is 5.37 Å². The van der Waals surface area contributed by atoms with Crippen LogP contribution in [0.1, 0.15) is 36.7 Å². The molecular formula is C25H25NO6S. The first kappa shape index (κ1) is 23.0. The van der Waals surface area contributed by atoms with E-state index in [4.69, 9.17) is 9.47 Å². The molecular weight excluding hydrogens is 442 g/mol. The van der Waals surface area contributed by atoms with E-state index in [2.05, 4.69) is 0 Å². The van der Waals surface area contributed by atoms with Crippen LogP contribution in [0.2, 0.25) is 0 Å². The number of ketones is 1. The van der Waals surface area contributed by atoms with Gasteiger partial charge in [0, 0.05) is 17.2 Å². The van der Waals surface area contributed by atoms with Gasteiger partial charge in [-0.25, -0.2) is 4.79 Å². The van der Waals surface area contributed by atoms with Crippen molar-refractivity contribution in [1.29, 1.82) is 0 Å². The second-order valence-electron chi connectivity index (χ2n) is 8.64. The second kappa shape index (κ2) is 9.02. The largest absolute Gasteiger partial charge is 0.459 e. The molecule has 2 heterocycles. The maximum Gasteiger partial charge on any atom is 0.330 e. The van der Waals surface area contributed by atoms with Gasteiger partial charge in [0.25, 0.3) is 0 Å². The Hall–Kier alpha value is -3.13. The van der Waals surface area contributed by atoms with Gasteiger partial charge in [-0.05, 0) is 19.4 Å². The molecule has 33 heavy (non-hydrogen) atoms. The summed E-state index contributed by atoms with van der Waals surface area (Å²) in [4.78, 5) is 52.6. The Labute approximate surface area is 196 Å². The first-order valence-corrected chi connectivity index (χ1v) is 11.6. The van der Waals surface area contributed by atoms with Crippen molar-refractivity contribution in [3.63, 3.8) is 0 Å². The fraction of sp³-hybridized carbons (Fsp3) is 0.360. The number of amides is 1. The van der Waals surface area contributed by atoms with E-state index in [9.17, 15) is 19.2 Å². The minimum absolute atomic E-state index is 0.107. The maximum atomic E-state index is 13.2. The Morgan fingerprint density at radius 2 is 1.64 bits per heavy atom. The molecule has 0 aliphatic carbocycles. The lowest BCUT2D eigenvalue weighted by molar-refractivity contribution is -0.174. The van der Waals surface area contributed by atoms with Crippen molar-refractivity contribution in [2.24, 2.45) is 5.92 Å². The first-order chi connectivity index (χ1) is 15.7. The third-order valence-corrected chi connectivity index (χ3v) is 7.46. The number of fused-ring (bicyclic) bond motifs is 1. The SMILES string of the molecule is CC(=O)OC(C(=O)c1ccccc1)[C@@H]1C(=O)N2[C@@H]1SC(C)(C)[C@@H]2C(=O)OCc1ccccc1. The second-order valence-corrected chi connectivity index (χ2v) is 10.4. The number of ether oxygens (including phenoxy) is 2. The van der Waals surface area contributed by atoms with Crippen molar-refractivity contribution >= 4 is 35.4 Å². The average Bonchev–Trinajstić information content (AvgIpc) is 3.04. The molecule has 0 radical (unpaired) electrons. The summed E-state index contributed by atoms with van der Waals surface area (Å²) in [7, 11) is 0. The molecule has 2 aromatic carbocycles. The number of Topliss-reactive ketones (excluding diaryl/α,β-unsaturated/α-hetero) is 1. The maximum absolute atomic E-state index is 13.2. The van der Waals surface area contributed by atoms with Gasteiger partial charge in [-0.1, -0.05) is 60.7 Å². The molecule has 0 aromatic heterocycles. The standard InChI is InChI=1S/C25H25NO6S/c1-15(27)32-20(19(28)17-12-8-5-9-13-17)18-22(29)26-21(25(2,3)33-23(18)26)24(30)31-14-16-10-6-4-7-11-16/h4-13,18,20-21,23H,14H2,1-3H3/t18-,20?,21+,23-/m1/s1. The van der Waals surface area contributed by atoms with Crippen LogP contribution in [0.15, 0.2) is 60.7 Å². The number of rotatable bonds is 7. The Morgan fingerprint density at radius 1 is 1.03 bits per heavy atom. The van der Waals surface area contributed by atoms with Gasteiger partial charge >= 0.3 is 11.9 Å². The Kier molecular flexibility index (Phi) is 6.30. The molecule has 7 nitrogen and oxygen atoms in total. The number of β-lactam (4-membered cyclic amide) rings is 1. The Morgan fingerprint density at radius 3 is 2.24 bits per heavy atom. The van der Waals surface area contributed by atoms with E-state index in [1.165, 1.54) is 23.6 Å². The van der Waals surface area contributed by atoms with Crippen molar-refractivity contribution in [3.8, 4) is 0 Å². The van der Waals surface area contributed by atoms with Crippen LogP contribution in [0, 0.1) is 5.92 Å². The topological polar surface area (TPSA) is 90.0 Å². The van der Waals surface area contributed by atoms with Crippen LogP contribution >= 0.6 is 11.8 Å². The number of carbonyl (C=O) groups excluding carboxylic acids is 4. The molecule has 4 rings (SSSR count). The molecule has 2 saturated heterocycles. The van der Waals surface area contributed by atoms with E-state index in [1.807, 2.05) is 44.2 Å². The predicted octanol–water partition coefficient (Wildman–Crippen LogP) is 3.22. The van der Waals surface area contributed by atoms with Gasteiger partial charge in [-0.2, -0.15) is 0 Å². The van der Waals surface area contributed by atoms with Crippen LogP contribution in [0.25, 0.3) is 0 Å². The molecule has 2 fully saturated rings. The minimum atomic E-state index is -1.25. The van der Waals surface area contributed by atoms with Crippen molar-refractivity contribution in [2.45, 2.75) is 49.6 Å². The Bertz CT molecular complexity index is 1070. The van der Waals surface area contributed by atoms with Gasteiger partial charge in [0.2, 0.25) is 11.7 Å². The molecule has 0 saturated carbocycles. The molecule has 1 amide bonds. The quantitative estimate of drug-likeness (QED) is 0.351. The molecule has 0 spiro atoms. The van der Waals surface area contributed by atoms with E-state index >= 15 is 0 Å². The van der Waals surface area contributed by atoms with E-state index in [-0.39, 0.29) is 6.61 Å². The summed E-state index contributed by atoms with van der Waals surface area (Å²) in [6.45, 7) is 5.06. The lowest BCUT2D eigenvalue weighted by atomic mass is 9.84. The molecule has 1 unspecified atom stereocenters. The number of carbonyl (C=O) groups is 4. The predicted molar refractivity (Wildman–Crippen MR) is 122 cm³/mol. The van der Waals surface area contributed by atoms with Crippen molar-refractivity contribution in [1.82, 2.24) is 4.90 Å². The highest BCUT2D eigenvalue weighted by molar-refractivity contribution is 8.01. The van der Waals surface area contributed by atoms with Crippen molar-refractivity contribution in [3.05, 3.63) is 71.8 Å². The molecule has 172 valence electrons. The zero-order valence-electron chi connectivity index (χ0n) is 18.6. The number of benzene rings is 2. The van der Waals surface area contributed by atoms with Crippen LogP contribution in [0.4, 0.5) is 0 Å². The summed E-state index contributed by atoms with van der Waals surface area (Å²) in [5, 5.41) is -0.473. The van der Waals surface area contributed by atoms with Crippen LogP contribution < -0.4 is 0 Å². The van der Waals surface area contributed by atoms with E-state index in [0.717, 1.165) is 5.56 Å². The van der Waals surface area contributed by atoms with Crippen LogP contribution in [-0.4, -0.2) is 50.8 Å². The van der Waals surface area contributed by atoms with Crippen LogP contribution in [0.5, 0.6) is 0 Å². The number of esters is 2. The lowest BCUT2D eigenvalue weighted by Crippen LogP contribution is -2.67. The summed E-state index contributed by atoms with van der Waals surface area (Å²) in [6.07, 6.45) is -1.25. The number of nitrogens with zero attached hydrogens (tertiary/aromatic N) is 1. The molecule has 2 aliphatic heterocycles. The molecule has 0 N–H and O–H groups in total. The van der Waals surface area contributed by atoms with E-state index in [0.29, 0.717) is 5.56 Å². The normalized spacial score (nSPS) is 23.8. The van der Waals surface area contributed by atoms with Gasteiger partial charge < -0.3 is 14.4 Å². The molecule has 2 aliphatic rings. The third-order valence-electron chi connectivity index (χ3n) is 5.87. The highest BCUT2D eigenvalue weighted by atomic mass is 32.2. The Balaban J connectivity index is 1.54. The first-order valence-electron chi connectivity index (χ1n) is 10.7. The molecule has 8 heteroatoms. The number of thioether (sulfide) groups is 1. The summed E-state index contributed by atoms with van der Waals surface area (Å²) in [5.74, 6) is -2.83. The van der Waals surface area contributed by atoms with Crippen molar-refractivity contribution < 1.29 is 28.7 Å². The summed E-state index contributed by atoms with van der Waals surface area (Å²) in [5.41, 5.74) is 1.21. The highest BCUT2D eigenvalue weighted by Gasteiger charge is 2.67. The van der Waals surface area contributed by atoms with Crippen LogP contribution in [0.3, 0.4) is 0 Å². The third kappa shape index (κ3) is 4.39. The molecule has 0 bridgehead atoms. The number of hydrogen-bond donors (Lipinski definition) is 0. The zero-order chi connectivity index (χ0) is 23.8. The highest BCUT2D eigenvalue weighted by Crippen LogP contribution is 2.54. The fourth-order valence-electron chi connectivity index (χ4n) is 4.34. The summed E-state index contributed by atoms with van der Waals surface area (Å²) < 4.78 is 10.2. The van der Waals surface area contributed by atoms with Gasteiger partial charge in [-0.15, -0.1) is 11.8 Å². The monoisotopic (exact) mass is 467 g/mol. The van der Waals surface area contributed by atoms with E-state index < -0.39 is 51.8 Å². The molecule has 2 aromatic rings. The lowest BCUT2D eigenvalue weighted by Gasteiger charge is -2.46. The average molecular weight is 468 g/mol. The summed E-state index contributed by atoms with van der Waals surface area (Å²) in [6, 6.07) is 16.9. The zero-order valence-corrected chi connectivity index (χ0v) is 19.4. The molecule has 4 atom stereocenters. The fourth-order valence-corrected chi connectivity index (χ4v) is 6.05. The van der Waals surface area contributed by atoms with E-state index in [1.54, 1.807) is 30.3 Å². The summed E-state index contributed by atoms with van der Waals surface area (Å²) >= 11 is 1.42. The number of hydrogen-bond acceptors (Lipinski definition) is 7. The van der Waals surface area contributed by atoms with Gasteiger partial charge in [0.15, 0.2) is 6.10 Å². The van der Waals surface area contributed by atoms with Crippen molar-refractivity contribution in [2.75, 3.05) is 0 Å².